The van der Waals surface area contributed by atoms with Crippen LogP contribution in [0.4, 0.5) is 0 Å². The number of nitrogens with one attached hydrogen (secondary N) is 1. The molecule has 1 saturated heterocycles. The third-order valence-corrected chi connectivity index (χ3v) is 7.60. The van der Waals surface area contributed by atoms with Gasteiger partial charge in [-0.05, 0) is 49.3 Å². The fourth-order valence-corrected chi connectivity index (χ4v) is 5.92. The molecule has 1 aromatic carbocycles. The summed E-state index contributed by atoms with van der Waals surface area (Å²) in [6.45, 7) is 2.19. The summed E-state index contributed by atoms with van der Waals surface area (Å²) >= 11 is 0. The Morgan fingerprint density at radius 1 is 1.15 bits per heavy atom. The maximum absolute atomic E-state index is 12.9. The van der Waals surface area contributed by atoms with Crippen molar-refractivity contribution in [3.05, 3.63) is 29.8 Å². The van der Waals surface area contributed by atoms with Gasteiger partial charge in [0, 0.05) is 32.2 Å². The van der Waals surface area contributed by atoms with Crippen molar-refractivity contribution in [1.29, 1.82) is 0 Å². The molecule has 1 aromatic rings. The summed E-state index contributed by atoms with van der Waals surface area (Å²) < 4.78 is 40.8. The van der Waals surface area contributed by atoms with E-state index in [0.717, 1.165) is 44.3 Å². The Morgan fingerprint density at radius 2 is 1.85 bits per heavy atom. The fraction of sp³-hybridized carbons (Fsp3) is 0.700. The van der Waals surface area contributed by atoms with Crippen molar-refractivity contribution in [2.45, 2.75) is 43.9 Å². The van der Waals surface area contributed by atoms with E-state index >= 15 is 0 Å². The molecule has 1 atom stereocenters. The van der Waals surface area contributed by atoms with Crippen LogP contribution in [0.25, 0.3) is 0 Å². The summed E-state index contributed by atoms with van der Waals surface area (Å²) in [6, 6.07) is 8.08. The average molecular weight is 397 g/mol. The van der Waals surface area contributed by atoms with E-state index < -0.39 is 10.2 Å². The van der Waals surface area contributed by atoms with Crippen LogP contribution in [-0.4, -0.2) is 53.2 Å². The lowest BCUT2D eigenvalue weighted by Gasteiger charge is -2.34. The molecule has 2 fully saturated rings. The first-order chi connectivity index (χ1) is 13.0. The summed E-state index contributed by atoms with van der Waals surface area (Å²) in [5, 5.41) is 0. The SMILES string of the molecule is COCC1CCCN(S(=O)(=O)NCC2(c3ccc(OC)cc3)CCCC2)C1. The van der Waals surface area contributed by atoms with Crippen LogP contribution in [0.1, 0.15) is 44.1 Å². The predicted octanol–water partition coefficient (Wildman–Crippen LogP) is 2.70. The first-order valence-electron chi connectivity index (χ1n) is 9.87. The van der Waals surface area contributed by atoms with Gasteiger partial charge in [0.05, 0.1) is 13.7 Å². The van der Waals surface area contributed by atoms with Crippen LogP contribution in [0, 0.1) is 5.92 Å². The van der Waals surface area contributed by atoms with Crippen molar-refractivity contribution < 1.29 is 17.9 Å². The smallest absolute Gasteiger partial charge is 0.279 e. The highest BCUT2D eigenvalue weighted by Crippen LogP contribution is 2.41. The quantitative estimate of drug-likeness (QED) is 0.734. The van der Waals surface area contributed by atoms with Crippen molar-refractivity contribution in [2.24, 2.45) is 5.92 Å². The molecular weight excluding hydrogens is 364 g/mol. The molecule has 0 spiro atoms. The van der Waals surface area contributed by atoms with Gasteiger partial charge in [0.15, 0.2) is 0 Å². The second-order valence-electron chi connectivity index (χ2n) is 7.86. The van der Waals surface area contributed by atoms with E-state index in [1.165, 1.54) is 5.56 Å². The van der Waals surface area contributed by atoms with E-state index in [1.807, 2.05) is 12.1 Å². The summed E-state index contributed by atoms with van der Waals surface area (Å²) in [6.07, 6.45) is 6.19. The molecule has 1 heterocycles. The molecule has 2 aliphatic rings. The average Bonchev–Trinajstić information content (AvgIpc) is 3.17. The second-order valence-corrected chi connectivity index (χ2v) is 9.62. The van der Waals surface area contributed by atoms with Crippen molar-refractivity contribution >= 4 is 10.2 Å². The standard InChI is InChI=1S/C20H32N2O4S/c1-25-15-17-6-5-13-22(14-17)27(23,24)21-16-20(11-3-4-12-20)18-7-9-19(26-2)10-8-18/h7-10,17,21H,3-6,11-16H2,1-2H3. The van der Waals surface area contributed by atoms with Crippen molar-refractivity contribution in [1.82, 2.24) is 9.03 Å². The van der Waals surface area contributed by atoms with Gasteiger partial charge in [0.25, 0.3) is 10.2 Å². The molecule has 1 unspecified atom stereocenters. The van der Waals surface area contributed by atoms with Gasteiger partial charge in [-0.2, -0.15) is 12.7 Å². The van der Waals surface area contributed by atoms with Crippen LogP contribution in [0.5, 0.6) is 5.75 Å². The van der Waals surface area contributed by atoms with Gasteiger partial charge in [0.1, 0.15) is 5.75 Å². The Hall–Kier alpha value is -1.15. The minimum atomic E-state index is -3.48. The number of piperidine rings is 1. The van der Waals surface area contributed by atoms with E-state index in [0.29, 0.717) is 26.2 Å². The van der Waals surface area contributed by atoms with Crippen LogP contribution < -0.4 is 9.46 Å². The molecule has 6 nitrogen and oxygen atoms in total. The number of hydrogen-bond acceptors (Lipinski definition) is 4. The van der Waals surface area contributed by atoms with E-state index in [-0.39, 0.29) is 11.3 Å². The minimum Gasteiger partial charge on any atom is -0.497 e. The maximum atomic E-state index is 12.9. The lowest BCUT2D eigenvalue weighted by atomic mass is 9.79. The van der Waals surface area contributed by atoms with E-state index in [9.17, 15) is 8.42 Å². The zero-order valence-electron chi connectivity index (χ0n) is 16.4. The monoisotopic (exact) mass is 396 g/mol. The van der Waals surface area contributed by atoms with Gasteiger partial charge in [-0.25, -0.2) is 4.72 Å². The molecule has 1 aliphatic heterocycles. The molecule has 0 bridgehead atoms. The number of nitrogens with zero attached hydrogens (tertiary/aromatic N) is 1. The molecule has 0 aromatic heterocycles. The first kappa shape index (κ1) is 20.6. The summed E-state index contributed by atoms with van der Waals surface area (Å²) in [5.74, 6) is 1.10. The van der Waals surface area contributed by atoms with E-state index in [1.54, 1.807) is 18.5 Å². The lowest BCUT2D eigenvalue weighted by molar-refractivity contribution is 0.118. The van der Waals surface area contributed by atoms with Crippen LogP contribution in [0.3, 0.4) is 0 Å². The highest BCUT2D eigenvalue weighted by atomic mass is 32.2. The molecule has 1 aliphatic carbocycles. The first-order valence-corrected chi connectivity index (χ1v) is 11.3. The Kier molecular flexibility index (Phi) is 6.78. The number of benzene rings is 1. The van der Waals surface area contributed by atoms with Crippen molar-refractivity contribution in [2.75, 3.05) is 40.5 Å². The highest BCUT2D eigenvalue weighted by Gasteiger charge is 2.38. The zero-order valence-corrected chi connectivity index (χ0v) is 17.3. The number of hydrogen-bond donors (Lipinski definition) is 1. The Balaban J connectivity index is 1.69. The fourth-order valence-electron chi connectivity index (χ4n) is 4.50. The molecule has 0 amide bonds. The normalized spacial score (nSPS) is 23.4. The number of ether oxygens (including phenoxy) is 2. The van der Waals surface area contributed by atoms with Gasteiger partial charge in [-0.1, -0.05) is 25.0 Å². The Morgan fingerprint density at radius 3 is 2.48 bits per heavy atom. The molecular formula is C20H32N2O4S. The Bertz CT molecular complexity index is 697. The topological polar surface area (TPSA) is 67.9 Å². The molecule has 3 rings (SSSR count). The largest absolute Gasteiger partial charge is 0.497 e. The molecule has 0 radical (unpaired) electrons. The van der Waals surface area contributed by atoms with Gasteiger partial charge >= 0.3 is 0 Å². The molecule has 152 valence electrons. The van der Waals surface area contributed by atoms with Gasteiger partial charge in [0.2, 0.25) is 0 Å². The molecule has 27 heavy (non-hydrogen) atoms. The van der Waals surface area contributed by atoms with Gasteiger partial charge in [-0.3, -0.25) is 0 Å². The third-order valence-electron chi connectivity index (χ3n) is 6.08. The summed E-state index contributed by atoms with van der Waals surface area (Å²) in [5.41, 5.74) is 1.07. The summed E-state index contributed by atoms with van der Waals surface area (Å²) in [7, 11) is -0.150. The second kappa shape index (κ2) is 8.90. The minimum absolute atomic E-state index is 0.124. The van der Waals surface area contributed by atoms with Crippen molar-refractivity contribution in [3.63, 3.8) is 0 Å². The molecule has 1 N–H and O–H groups in total. The van der Waals surface area contributed by atoms with E-state index in [2.05, 4.69) is 16.9 Å². The highest BCUT2D eigenvalue weighted by molar-refractivity contribution is 7.87. The third kappa shape index (κ3) is 4.83. The van der Waals surface area contributed by atoms with Crippen LogP contribution in [-0.2, 0) is 20.4 Å². The zero-order chi connectivity index (χ0) is 19.3. The molecule has 1 saturated carbocycles. The Labute approximate surface area is 163 Å². The number of rotatable bonds is 8. The molecule has 7 heteroatoms. The maximum Gasteiger partial charge on any atom is 0.279 e. The van der Waals surface area contributed by atoms with Crippen LogP contribution in [0.2, 0.25) is 0 Å². The number of methoxy groups -OCH3 is 2. The van der Waals surface area contributed by atoms with Gasteiger partial charge in [-0.15, -0.1) is 0 Å². The lowest BCUT2D eigenvalue weighted by Crippen LogP contribution is -2.49. The van der Waals surface area contributed by atoms with Gasteiger partial charge < -0.3 is 9.47 Å². The predicted molar refractivity (Wildman–Crippen MR) is 106 cm³/mol. The van der Waals surface area contributed by atoms with Crippen LogP contribution >= 0.6 is 0 Å². The van der Waals surface area contributed by atoms with Crippen molar-refractivity contribution in [3.8, 4) is 5.75 Å². The van der Waals surface area contributed by atoms with E-state index in [4.69, 9.17) is 9.47 Å². The summed E-state index contributed by atoms with van der Waals surface area (Å²) in [4.78, 5) is 0. The van der Waals surface area contributed by atoms with Crippen LogP contribution in [0.15, 0.2) is 24.3 Å².